The van der Waals surface area contributed by atoms with E-state index in [9.17, 15) is 9.59 Å². The first-order valence-corrected chi connectivity index (χ1v) is 7.07. The molecule has 126 valence electrons. The van der Waals surface area contributed by atoms with Gasteiger partial charge in [-0.2, -0.15) is 0 Å². The molecule has 1 aromatic rings. The molecule has 0 heterocycles. The summed E-state index contributed by atoms with van der Waals surface area (Å²) < 4.78 is 0. The lowest BCUT2D eigenvalue weighted by Crippen LogP contribution is -2.01. The van der Waals surface area contributed by atoms with Crippen molar-refractivity contribution in [1.29, 1.82) is 0 Å². The van der Waals surface area contributed by atoms with Gasteiger partial charge in [0.1, 0.15) is 0 Å². The fourth-order valence-corrected chi connectivity index (χ4v) is 1.85. The molecule has 6 nitrogen and oxygen atoms in total. The second kappa shape index (κ2) is 15.5. The highest BCUT2D eigenvalue weighted by Crippen LogP contribution is 2.15. The Kier molecular flexibility index (Phi) is 15.7. The van der Waals surface area contributed by atoms with Crippen molar-refractivity contribution in [2.24, 2.45) is 0 Å². The lowest BCUT2D eigenvalue weighted by molar-refractivity contribution is 0.0696. The summed E-state index contributed by atoms with van der Waals surface area (Å²) in [5.41, 5.74) is -0.0372. The number of carboxylic acids is 2. The number of aliphatic hydroxyl groups is 2. The summed E-state index contributed by atoms with van der Waals surface area (Å²) in [5.74, 6) is -2.25. The van der Waals surface area contributed by atoms with Crippen LogP contribution in [0.1, 0.15) is 59.2 Å². The molecule has 6 heteroatoms. The van der Waals surface area contributed by atoms with Crippen molar-refractivity contribution in [2.45, 2.75) is 38.5 Å². The molecule has 1 aliphatic rings. The molecule has 0 amide bonds. The predicted octanol–water partition coefficient (Wildman–Crippen LogP) is 2.64. The van der Waals surface area contributed by atoms with Crippen molar-refractivity contribution in [2.75, 3.05) is 14.2 Å². The Morgan fingerprint density at radius 3 is 1.23 bits per heavy atom. The van der Waals surface area contributed by atoms with E-state index in [0.717, 1.165) is 20.3 Å². The number of benzene rings is 1. The molecule has 0 saturated heterocycles. The van der Waals surface area contributed by atoms with E-state index in [1.54, 1.807) is 0 Å². The first-order valence-electron chi connectivity index (χ1n) is 7.07. The van der Waals surface area contributed by atoms with Gasteiger partial charge in [-0.05, 0) is 18.2 Å². The molecule has 0 bridgehead atoms. The smallest absolute Gasteiger partial charge is 0.335 e. The van der Waals surface area contributed by atoms with Crippen LogP contribution in [0.3, 0.4) is 0 Å². The van der Waals surface area contributed by atoms with Crippen LogP contribution in [0.15, 0.2) is 24.3 Å². The van der Waals surface area contributed by atoms with E-state index in [0.29, 0.717) is 0 Å². The second-order valence-corrected chi connectivity index (χ2v) is 4.31. The predicted molar refractivity (Wildman–Crippen MR) is 84.3 cm³/mol. The van der Waals surface area contributed by atoms with Gasteiger partial charge in [-0.25, -0.2) is 9.59 Å². The fraction of sp³-hybridized carbons (Fsp3) is 0.500. The normalized spacial score (nSPS) is 12.2. The number of hydrogen-bond donors (Lipinski definition) is 4. The third-order valence-corrected chi connectivity index (χ3v) is 2.86. The number of carbonyl (C=O) groups is 2. The number of rotatable bonds is 2. The molecule has 0 unspecified atom stereocenters. The van der Waals surface area contributed by atoms with Gasteiger partial charge < -0.3 is 20.4 Å². The summed E-state index contributed by atoms with van der Waals surface area (Å²) in [5, 5.41) is 31.0. The summed E-state index contributed by atoms with van der Waals surface area (Å²) in [7, 11) is 2.00. The number of aromatic carboxylic acids is 2. The maximum atomic E-state index is 10.4. The Bertz CT molecular complexity index is 372. The Morgan fingerprint density at radius 2 is 1.00 bits per heavy atom. The molecule has 1 aromatic carbocycles. The van der Waals surface area contributed by atoms with Gasteiger partial charge in [0.25, 0.3) is 0 Å². The topological polar surface area (TPSA) is 115 Å². The highest BCUT2D eigenvalue weighted by Gasteiger charge is 2.06. The molecular weight excluding hydrogens is 288 g/mol. The lowest BCUT2D eigenvalue weighted by Gasteiger charge is -2.05. The van der Waals surface area contributed by atoms with Gasteiger partial charge in [0, 0.05) is 14.2 Å². The van der Waals surface area contributed by atoms with Gasteiger partial charge in [-0.15, -0.1) is 0 Å². The first-order chi connectivity index (χ1) is 10.6. The van der Waals surface area contributed by atoms with Crippen LogP contribution in [0.4, 0.5) is 0 Å². The van der Waals surface area contributed by atoms with Gasteiger partial charge >= 0.3 is 11.9 Å². The largest absolute Gasteiger partial charge is 0.478 e. The van der Waals surface area contributed by atoms with Crippen molar-refractivity contribution in [3.05, 3.63) is 35.4 Å². The Balaban J connectivity index is 0. The zero-order valence-electron chi connectivity index (χ0n) is 13.2. The van der Waals surface area contributed by atoms with Gasteiger partial charge in [0.05, 0.1) is 11.1 Å². The minimum atomic E-state index is -1.13. The van der Waals surface area contributed by atoms with E-state index in [1.807, 2.05) is 0 Å². The molecule has 0 spiro atoms. The molecule has 1 aliphatic carbocycles. The first kappa shape index (κ1) is 22.4. The lowest BCUT2D eigenvalue weighted by atomic mass is 10.0. The van der Waals surface area contributed by atoms with Gasteiger partial charge in [-0.3, -0.25) is 0 Å². The molecule has 0 aliphatic heterocycles. The van der Waals surface area contributed by atoms with E-state index in [4.69, 9.17) is 20.4 Å². The zero-order chi connectivity index (χ0) is 17.4. The van der Waals surface area contributed by atoms with Gasteiger partial charge in [0.15, 0.2) is 0 Å². The maximum Gasteiger partial charge on any atom is 0.335 e. The molecule has 0 atom stereocenters. The average molecular weight is 314 g/mol. The molecule has 0 aromatic heterocycles. The zero-order valence-corrected chi connectivity index (χ0v) is 13.2. The standard InChI is InChI=1S/C8H6O4.C6H12.2CH4O/c9-7(10)5-2-1-3-6(4-5)8(11)12;1-2-4-6-5-3-1;2*1-2/h1-4H,(H,9,10)(H,11,12);1-6H2;2*2H,1H3. The summed E-state index contributed by atoms with van der Waals surface area (Å²) in [6.45, 7) is 0. The van der Waals surface area contributed by atoms with Crippen LogP contribution in [0, 0.1) is 0 Å². The van der Waals surface area contributed by atoms with Crippen molar-refractivity contribution < 1.29 is 30.0 Å². The van der Waals surface area contributed by atoms with Gasteiger partial charge in [0.2, 0.25) is 0 Å². The molecule has 22 heavy (non-hydrogen) atoms. The fourth-order valence-electron chi connectivity index (χ4n) is 1.85. The van der Waals surface area contributed by atoms with Gasteiger partial charge in [-0.1, -0.05) is 44.6 Å². The average Bonchev–Trinajstić information content (AvgIpc) is 2.60. The van der Waals surface area contributed by atoms with E-state index in [-0.39, 0.29) is 11.1 Å². The van der Waals surface area contributed by atoms with Crippen LogP contribution in [0.25, 0.3) is 0 Å². The Hall–Kier alpha value is -1.92. The molecule has 1 fully saturated rings. The second-order valence-electron chi connectivity index (χ2n) is 4.31. The van der Waals surface area contributed by atoms with E-state index < -0.39 is 11.9 Å². The maximum absolute atomic E-state index is 10.4. The van der Waals surface area contributed by atoms with Crippen LogP contribution < -0.4 is 0 Å². The van der Waals surface area contributed by atoms with Crippen LogP contribution >= 0.6 is 0 Å². The quantitative estimate of drug-likeness (QED) is 0.667. The highest BCUT2D eigenvalue weighted by molar-refractivity contribution is 5.93. The monoisotopic (exact) mass is 314 g/mol. The minimum absolute atomic E-state index is 0.0186. The molecule has 4 N–H and O–H groups in total. The van der Waals surface area contributed by atoms with Crippen LogP contribution in [0.2, 0.25) is 0 Å². The van der Waals surface area contributed by atoms with Crippen molar-refractivity contribution in [3.8, 4) is 0 Å². The SMILES string of the molecule is C1CCCCC1.CO.CO.O=C(O)c1cccc(C(=O)O)c1. The van der Waals surface area contributed by atoms with Crippen molar-refractivity contribution in [3.63, 3.8) is 0 Å². The Labute approximate surface area is 131 Å². The summed E-state index contributed by atoms with van der Waals surface area (Å²) in [6, 6.07) is 5.20. The number of hydrogen-bond acceptors (Lipinski definition) is 4. The van der Waals surface area contributed by atoms with Crippen LogP contribution in [-0.4, -0.2) is 46.6 Å². The summed E-state index contributed by atoms with van der Waals surface area (Å²) >= 11 is 0. The number of aliphatic hydroxyl groups excluding tert-OH is 2. The Morgan fingerprint density at radius 1 is 0.727 bits per heavy atom. The molecular formula is C16H26O6. The molecule has 0 radical (unpaired) electrons. The third-order valence-electron chi connectivity index (χ3n) is 2.86. The van der Waals surface area contributed by atoms with Crippen molar-refractivity contribution >= 4 is 11.9 Å². The van der Waals surface area contributed by atoms with E-state index >= 15 is 0 Å². The van der Waals surface area contributed by atoms with Crippen molar-refractivity contribution in [1.82, 2.24) is 0 Å². The third kappa shape index (κ3) is 10.8. The van der Waals surface area contributed by atoms with E-state index in [2.05, 4.69) is 0 Å². The molecule has 1 saturated carbocycles. The minimum Gasteiger partial charge on any atom is -0.478 e. The number of carboxylic acid groups (broad SMARTS) is 2. The summed E-state index contributed by atoms with van der Waals surface area (Å²) in [6.07, 6.45) is 9.00. The highest BCUT2D eigenvalue weighted by atomic mass is 16.4. The van der Waals surface area contributed by atoms with Crippen LogP contribution in [0.5, 0.6) is 0 Å². The van der Waals surface area contributed by atoms with E-state index in [1.165, 1.54) is 56.7 Å². The van der Waals surface area contributed by atoms with Crippen LogP contribution in [-0.2, 0) is 0 Å². The summed E-state index contributed by atoms with van der Waals surface area (Å²) in [4.78, 5) is 20.8. The molecule has 2 rings (SSSR count).